The molecule has 68 valence electrons. The van der Waals surface area contributed by atoms with Crippen LogP contribution in [0.4, 0.5) is 13.2 Å². The standard InChI is InChI=1S/C5H7BrClF3O/c6-5(9,10)4(7,8)2-1-3-11/h11H,1-3H2/t4-/m1/s1. The molecule has 0 rings (SSSR count). The molecule has 0 radical (unpaired) electrons. The fourth-order valence-electron chi connectivity index (χ4n) is 0.443. The Morgan fingerprint density at radius 3 is 2.09 bits per heavy atom. The first kappa shape index (κ1) is 11.5. The highest BCUT2D eigenvalue weighted by Crippen LogP contribution is 2.44. The zero-order chi connectivity index (χ0) is 9.12. The van der Waals surface area contributed by atoms with Crippen LogP contribution >= 0.6 is 27.5 Å². The Hall–Kier alpha value is 0.520. The third-order valence-electron chi connectivity index (χ3n) is 1.06. The molecule has 0 spiro atoms. The lowest BCUT2D eigenvalue weighted by Crippen LogP contribution is -2.33. The van der Waals surface area contributed by atoms with Gasteiger partial charge in [-0.3, -0.25) is 0 Å². The number of aliphatic hydroxyl groups is 1. The maximum Gasteiger partial charge on any atom is 0.348 e. The van der Waals surface area contributed by atoms with E-state index in [1.807, 2.05) is 15.9 Å². The fraction of sp³-hybridized carbons (Fsp3) is 1.00. The Morgan fingerprint density at radius 1 is 1.36 bits per heavy atom. The van der Waals surface area contributed by atoms with Gasteiger partial charge >= 0.3 is 4.83 Å². The molecule has 0 aliphatic heterocycles. The topological polar surface area (TPSA) is 20.2 Å². The summed E-state index contributed by atoms with van der Waals surface area (Å²) in [6, 6.07) is 0. The highest BCUT2D eigenvalue weighted by atomic mass is 79.9. The highest BCUT2D eigenvalue weighted by molar-refractivity contribution is 9.10. The quantitative estimate of drug-likeness (QED) is 0.766. The van der Waals surface area contributed by atoms with Crippen LogP contribution in [-0.2, 0) is 0 Å². The maximum atomic E-state index is 12.6. The second-order valence-electron chi connectivity index (χ2n) is 2.03. The van der Waals surface area contributed by atoms with Crippen LogP contribution in [0.2, 0.25) is 0 Å². The molecule has 0 aliphatic carbocycles. The predicted octanol–water partition coefficient (Wildman–Crippen LogP) is 2.65. The molecule has 1 atom stereocenters. The van der Waals surface area contributed by atoms with Gasteiger partial charge in [-0.1, -0.05) is 11.6 Å². The first-order valence-electron chi connectivity index (χ1n) is 2.86. The molecule has 0 fully saturated rings. The molecule has 1 N–H and O–H groups in total. The zero-order valence-corrected chi connectivity index (χ0v) is 7.80. The van der Waals surface area contributed by atoms with Crippen LogP contribution in [0.25, 0.3) is 0 Å². The van der Waals surface area contributed by atoms with E-state index in [1.54, 1.807) is 0 Å². The van der Waals surface area contributed by atoms with Crippen molar-refractivity contribution in [2.24, 2.45) is 0 Å². The molecule has 0 aliphatic rings. The van der Waals surface area contributed by atoms with E-state index in [0.29, 0.717) is 0 Å². The van der Waals surface area contributed by atoms with Gasteiger partial charge in [-0.25, -0.2) is 4.39 Å². The molecule has 6 heteroatoms. The largest absolute Gasteiger partial charge is 0.396 e. The first-order valence-corrected chi connectivity index (χ1v) is 4.04. The number of alkyl halides is 5. The van der Waals surface area contributed by atoms with Crippen LogP contribution in [0.3, 0.4) is 0 Å². The Labute approximate surface area is 75.7 Å². The van der Waals surface area contributed by atoms with Crippen molar-refractivity contribution in [2.45, 2.75) is 22.8 Å². The van der Waals surface area contributed by atoms with E-state index in [1.165, 1.54) is 0 Å². The van der Waals surface area contributed by atoms with E-state index in [2.05, 4.69) is 0 Å². The van der Waals surface area contributed by atoms with E-state index >= 15 is 0 Å². The second-order valence-corrected chi connectivity index (χ2v) is 3.62. The van der Waals surface area contributed by atoms with E-state index in [-0.39, 0.29) is 13.0 Å². The summed E-state index contributed by atoms with van der Waals surface area (Å²) in [6.45, 7) is -0.360. The Balaban J connectivity index is 4.00. The number of hydrogen-bond acceptors (Lipinski definition) is 1. The molecular weight excluding hydrogens is 248 g/mol. The molecule has 0 aromatic heterocycles. The van der Waals surface area contributed by atoms with Crippen LogP contribution in [0, 0.1) is 0 Å². The van der Waals surface area contributed by atoms with Gasteiger partial charge in [0, 0.05) is 13.0 Å². The Bertz CT molecular complexity index is 125. The summed E-state index contributed by atoms with van der Waals surface area (Å²) < 4.78 is 36.9. The molecule has 0 unspecified atom stereocenters. The van der Waals surface area contributed by atoms with Gasteiger partial charge in [0.05, 0.1) is 0 Å². The number of aliphatic hydroxyl groups excluding tert-OH is 1. The van der Waals surface area contributed by atoms with Gasteiger partial charge in [0.2, 0.25) is 0 Å². The van der Waals surface area contributed by atoms with E-state index in [4.69, 9.17) is 16.7 Å². The lowest BCUT2D eigenvalue weighted by Gasteiger charge is -2.22. The smallest absolute Gasteiger partial charge is 0.348 e. The van der Waals surface area contributed by atoms with Crippen LogP contribution < -0.4 is 0 Å². The third kappa shape index (κ3) is 3.62. The molecule has 0 bridgehead atoms. The van der Waals surface area contributed by atoms with Crippen molar-refractivity contribution >= 4 is 27.5 Å². The summed E-state index contributed by atoms with van der Waals surface area (Å²) >= 11 is 6.62. The van der Waals surface area contributed by atoms with Gasteiger partial charge in [0.25, 0.3) is 5.13 Å². The van der Waals surface area contributed by atoms with Crippen molar-refractivity contribution in [1.82, 2.24) is 0 Å². The Kier molecular flexibility index (Phi) is 4.15. The van der Waals surface area contributed by atoms with Crippen molar-refractivity contribution in [1.29, 1.82) is 0 Å². The van der Waals surface area contributed by atoms with Gasteiger partial charge in [-0.05, 0) is 22.4 Å². The normalized spacial score (nSPS) is 18.0. The van der Waals surface area contributed by atoms with Gasteiger partial charge in [-0.15, -0.1) is 0 Å². The van der Waals surface area contributed by atoms with Gasteiger partial charge < -0.3 is 5.11 Å². The van der Waals surface area contributed by atoms with Gasteiger partial charge in [0.1, 0.15) is 0 Å². The molecule has 1 nitrogen and oxygen atoms in total. The summed E-state index contributed by atoms with van der Waals surface area (Å²) in [5.41, 5.74) is 0. The average Bonchev–Trinajstić information content (AvgIpc) is 1.81. The van der Waals surface area contributed by atoms with Crippen molar-refractivity contribution < 1.29 is 18.3 Å². The van der Waals surface area contributed by atoms with Crippen molar-refractivity contribution in [3.05, 3.63) is 0 Å². The molecule has 0 amide bonds. The van der Waals surface area contributed by atoms with Crippen LogP contribution in [0.15, 0.2) is 0 Å². The average molecular weight is 255 g/mol. The lowest BCUT2D eigenvalue weighted by atomic mass is 10.2. The summed E-state index contributed by atoms with van der Waals surface area (Å²) in [5, 5.41) is 5.09. The minimum absolute atomic E-state index is 0.0960. The predicted molar refractivity (Wildman–Crippen MR) is 39.9 cm³/mol. The molecule has 0 heterocycles. The number of rotatable bonds is 4. The van der Waals surface area contributed by atoms with E-state index < -0.39 is 16.4 Å². The van der Waals surface area contributed by atoms with E-state index in [0.717, 1.165) is 0 Å². The third-order valence-corrected chi connectivity index (χ3v) is 2.35. The van der Waals surface area contributed by atoms with Crippen molar-refractivity contribution in [3.63, 3.8) is 0 Å². The van der Waals surface area contributed by atoms with Gasteiger partial charge in [-0.2, -0.15) is 8.78 Å². The first-order chi connectivity index (χ1) is 4.81. The second kappa shape index (κ2) is 3.96. The summed E-state index contributed by atoms with van der Waals surface area (Å²) in [4.78, 5) is -3.75. The SMILES string of the molecule is OCCC[C@](F)(Cl)C(F)(F)Br. The lowest BCUT2D eigenvalue weighted by molar-refractivity contribution is -0.0123. The minimum atomic E-state index is -3.75. The fourth-order valence-corrected chi connectivity index (χ4v) is 0.775. The molecule has 0 aromatic rings. The molecule has 0 saturated heterocycles. The monoisotopic (exact) mass is 254 g/mol. The highest BCUT2D eigenvalue weighted by Gasteiger charge is 2.50. The van der Waals surface area contributed by atoms with Gasteiger partial charge in [0.15, 0.2) is 0 Å². The molecule has 11 heavy (non-hydrogen) atoms. The van der Waals surface area contributed by atoms with Crippen LogP contribution in [-0.4, -0.2) is 21.7 Å². The molecular formula is C5H7BrClF3O. The molecule has 0 aromatic carbocycles. The van der Waals surface area contributed by atoms with Crippen molar-refractivity contribution in [2.75, 3.05) is 6.61 Å². The summed E-state index contributed by atoms with van der Waals surface area (Å²) in [6.07, 6.45) is -0.690. The summed E-state index contributed by atoms with van der Waals surface area (Å²) in [7, 11) is 0. The van der Waals surface area contributed by atoms with E-state index in [9.17, 15) is 13.2 Å². The zero-order valence-electron chi connectivity index (χ0n) is 5.46. The summed E-state index contributed by atoms with van der Waals surface area (Å²) in [5.74, 6) is 0. The Morgan fingerprint density at radius 2 is 1.82 bits per heavy atom. The van der Waals surface area contributed by atoms with Crippen LogP contribution in [0.1, 0.15) is 12.8 Å². The maximum absolute atomic E-state index is 12.6. The van der Waals surface area contributed by atoms with Crippen LogP contribution in [0.5, 0.6) is 0 Å². The molecule has 0 saturated carbocycles. The number of halogens is 5. The number of hydrogen-bond donors (Lipinski definition) is 1. The van der Waals surface area contributed by atoms with Crippen molar-refractivity contribution in [3.8, 4) is 0 Å². The minimum Gasteiger partial charge on any atom is -0.396 e.